The van der Waals surface area contributed by atoms with Crippen molar-refractivity contribution in [2.75, 3.05) is 31.1 Å². The molecule has 0 aliphatic carbocycles. The standard InChI is InChI=1S/C24H27N5O3/c1-2-16-15-17(23(25)31)7-8-20(16)28-11-13-29(14-12-28)22(30)10-9-21-26-19-6-4-3-5-18(19)24(32)27-21/h3-8,15H,2,9-14H2,1H3,(H2,25,31)(H,26,27,32). The molecule has 166 valence electrons. The minimum absolute atomic E-state index is 0.0558. The molecule has 4 rings (SSSR count). The third-order valence-corrected chi connectivity index (χ3v) is 5.96. The Labute approximate surface area is 186 Å². The van der Waals surface area contributed by atoms with Gasteiger partial charge in [-0.1, -0.05) is 19.1 Å². The van der Waals surface area contributed by atoms with Gasteiger partial charge in [0.2, 0.25) is 11.8 Å². The molecule has 0 radical (unpaired) electrons. The first-order chi connectivity index (χ1) is 15.5. The Kier molecular flexibility index (Phi) is 6.20. The zero-order valence-corrected chi connectivity index (χ0v) is 18.1. The lowest BCUT2D eigenvalue weighted by Crippen LogP contribution is -2.49. The minimum Gasteiger partial charge on any atom is -0.368 e. The van der Waals surface area contributed by atoms with E-state index >= 15 is 0 Å². The number of H-pyrrole nitrogens is 1. The Morgan fingerprint density at radius 2 is 1.84 bits per heavy atom. The van der Waals surface area contributed by atoms with Crippen LogP contribution in [0.25, 0.3) is 10.9 Å². The van der Waals surface area contributed by atoms with Crippen molar-refractivity contribution in [1.29, 1.82) is 0 Å². The number of hydrogen-bond acceptors (Lipinski definition) is 5. The predicted molar refractivity (Wildman–Crippen MR) is 124 cm³/mol. The first kappa shape index (κ1) is 21.5. The third-order valence-electron chi connectivity index (χ3n) is 5.96. The number of aromatic nitrogens is 2. The number of carbonyl (C=O) groups is 2. The van der Waals surface area contributed by atoms with Gasteiger partial charge < -0.3 is 20.5 Å². The summed E-state index contributed by atoms with van der Waals surface area (Å²) in [6, 6.07) is 12.7. The molecule has 32 heavy (non-hydrogen) atoms. The van der Waals surface area contributed by atoms with Crippen LogP contribution in [0.1, 0.15) is 35.1 Å². The minimum atomic E-state index is -0.427. The van der Waals surface area contributed by atoms with Crippen LogP contribution in [-0.4, -0.2) is 52.9 Å². The van der Waals surface area contributed by atoms with E-state index in [1.54, 1.807) is 24.3 Å². The number of hydrogen-bond donors (Lipinski definition) is 2. The molecule has 8 heteroatoms. The quantitative estimate of drug-likeness (QED) is 0.616. The van der Waals surface area contributed by atoms with Crippen LogP contribution in [0.2, 0.25) is 0 Å². The SMILES string of the molecule is CCc1cc(C(N)=O)ccc1N1CCN(C(=O)CCc2nc3ccccc3c(=O)[nH]2)CC1. The molecule has 0 spiro atoms. The van der Waals surface area contributed by atoms with Gasteiger partial charge >= 0.3 is 0 Å². The Morgan fingerprint density at radius 3 is 2.56 bits per heavy atom. The summed E-state index contributed by atoms with van der Waals surface area (Å²) >= 11 is 0. The molecule has 2 aromatic carbocycles. The van der Waals surface area contributed by atoms with Gasteiger partial charge in [0, 0.05) is 50.3 Å². The topological polar surface area (TPSA) is 112 Å². The van der Waals surface area contributed by atoms with Crippen LogP contribution in [0.15, 0.2) is 47.3 Å². The number of amides is 2. The Morgan fingerprint density at radius 1 is 1.09 bits per heavy atom. The number of nitrogens with two attached hydrogens (primary N) is 1. The molecule has 2 amide bonds. The molecular weight excluding hydrogens is 406 g/mol. The molecule has 0 bridgehead atoms. The van der Waals surface area contributed by atoms with Crippen LogP contribution in [0, 0.1) is 0 Å². The van der Waals surface area contributed by atoms with Gasteiger partial charge in [0.05, 0.1) is 10.9 Å². The van der Waals surface area contributed by atoms with Gasteiger partial charge in [0.25, 0.3) is 5.56 Å². The summed E-state index contributed by atoms with van der Waals surface area (Å²) in [5.74, 6) is 0.159. The highest BCUT2D eigenvalue weighted by Gasteiger charge is 2.23. The van der Waals surface area contributed by atoms with Gasteiger partial charge in [0.1, 0.15) is 5.82 Å². The Hall–Kier alpha value is -3.68. The molecule has 0 unspecified atom stereocenters. The fraction of sp³-hybridized carbons (Fsp3) is 0.333. The van der Waals surface area contributed by atoms with Crippen LogP contribution in [0.5, 0.6) is 0 Å². The van der Waals surface area contributed by atoms with Crippen molar-refractivity contribution >= 4 is 28.4 Å². The fourth-order valence-electron chi connectivity index (χ4n) is 4.16. The van der Waals surface area contributed by atoms with Crippen LogP contribution in [0.3, 0.4) is 0 Å². The number of benzene rings is 2. The van der Waals surface area contributed by atoms with Crippen molar-refractivity contribution in [2.24, 2.45) is 5.73 Å². The van der Waals surface area contributed by atoms with Gasteiger partial charge in [0.15, 0.2) is 0 Å². The van der Waals surface area contributed by atoms with E-state index in [0.717, 1.165) is 30.8 Å². The summed E-state index contributed by atoms with van der Waals surface area (Å²) < 4.78 is 0. The average Bonchev–Trinajstić information content (AvgIpc) is 2.82. The molecule has 1 aliphatic heterocycles. The van der Waals surface area contributed by atoms with Crippen molar-refractivity contribution in [3.05, 3.63) is 69.8 Å². The number of para-hydroxylation sites is 1. The average molecular weight is 434 g/mol. The summed E-state index contributed by atoms with van der Waals surface area (Å²) in [5, 5.41) is 0.550. The van der Waals surface area contributed by atoms with Gasteiger partial charge in [-0.3, -0.25) is 14.4 Å². The maximum atomic E-state index is 12.7. The molecule has 2 heterocycles. The number of carbonyl (C=O) groups excluding carboxylic acids is 2. The summed E-state index contributed by atoms with van der Waals surface area (Å²) in [6.07, 6.45) is 1.50. The van der Waals surface area contributed by atoms with E-state index in [1.165, 1.54) is 0 Å². The van der Waals surface area contributed by atoms with Crippen molar-refractivity contribution in [3.8, 4) is 0 Å². The third kappa shape index (κ3) is 4.49. The van der Waals surface area contributed by atoms with Gasteiger partial charge in [-0.15, -0.1) is 0 Å². The monoisotopic (exact) mass is 433 g/mol. The number of rotatable bonds is 6. The van der Waals surface area contributed by atoms with E-state index in [2.05, 4.69) is 21.8 Å². The lowest BCUT2D eigenvalue weighted by molar-refractivity contribution is -0.131. The first-order valence-electron chi connectivity index (χ1n) is 10.9. The smallest absolute Gasteiger partial charge is 0.258 e. The molecule has 1 fully saturated rings. The van der Waals surface area contributed by atoms with Gasteiger partial charge in [-0.2, -0.15) is 0 Å². The van der Waals surface area contributed by atoms with E-state index < -0.39 is 5.91 Å². The molecule has 0 atom stereocenters. The maximum Gasteiger partial charge on any atom is 0.258 e. The second-order valence-corrected chi connectivity index (χ2v) is 7.96. The molecule has 0 saturated carbocycles. The number of piperazine rings is 1. The number of fused-ring (bicyclic) bond motifs is 1. The van der Waals surface area contributed by atoms with E-state index in [4.69, 9.17) is 5.73 Å². The summed E-state index contributed by atoms with van der Waals surface area (Å²) in [5.41, 5.74) is 8.54. The van der Waals surface area contributed by atoms with Crippen LogP contribution in [0.4, 0.5) is 5.69 Å². The van der Waals surface area contributed by atoms with Crippen molar-refractivity contribution in [1.82, 2.24) is 14.9 Å². The number of anilines is 1. The Balaban J connectivity index is 1.36. The van der Waals surface area contributed by atoms with E-state index in [-0.39, 0.29) is 11.5 Å². The van der Waals surface area contributed by atoms with E-state index in [1.807, 2.05) is 23.1 Å². The lowest BCUT2D eigenvalue weighted by Gasteiger charge is -2.37. The van der Waals surface area contributed by atoms with Crippen LogP contribution >= 0.6 is 0 Å². The zero-order chi connectivity index (χ0) is 22.7. The highest BCUT2D eigenvalue weighted by Crippen LogP contribution is 2.24. The molecule has 3 aromatic rings. The number of primary amides is 1. The zero-order valence-electron chi connectivity index (χ0n) is 18.1. The molecule has 8 nitrogen and oxygen atoms in total. The van der Waals surface area contributed by atoms with E-state index in [0.29, 0.717) is 48.2 Å². The van der Waals surface area contributed by atoms with Crippen molar-refractivity contribution in [3.63, 3.8) is 0 Å². The molecule has 3 N–H and O–H groups in total. The predicted octanol–water partition coefficient (Wildman–Crippen LogP) is 1.87. The van der Waals surface area contributed by atoms with Crippen LogP contribution in [-0.2, 0) is 17.6 Å². The fourth-order valence-corrected chi connectivity index (χ4v) is 4.16. The molecular formula is C24H27N5O3. The highest BCUT2D eigenvalue weighted by molar-refractivity contribution is 5.93. The number of nitrogens with one attached hydrogen (secondary N) is 1. The second-order valence-electron chi connectivity index (χ2n) is 7.96. The molecule has 1 aromatic heterocycles. The van der Waals surface area contributed by atoms with Crippen molar-refractivity contribution < 1.29 is 9.59 Å². The summed E-state index contributed by atoms with van der Waals surface area (Å²) in [7, 11) is 0. The van der Waals surface area contributed by atoms with Gasteiger partial charge in [-0.25, -0.2) is 4.98 Å². The molecule has 1 aliphatic rings. The number of aromatic amines is 1. The normalized spacial score (nSPS) is 14.0. The highest BCUT2D eigenvalue weighted by atomic mass is 16.2. The summed E-state index contributed by atoms with van der Waals surface area (Å²) in [6.45, 7) is 4.75. The van der Waals surface area contributed by atoms with Crippen molar-refractivity contribution in [2.45, 2.75) is 26.2 Å². The second kappa shape index (κ2) is 9.21. The first-order valence-corrected chi connectivity index (χ1v) is 10.9. The number of aryl methyl sites for hydroxylation is 2. The van der Waals surface area contributed by atoms with E-state index in [9.17, 15) is 14.4 Å². The largest absolute Gasteiger partial charge is 0.368 e. The maximum absolute atomic E-state index is 12.7. The van der Waals surface area contributed by atoms with Crippen LogP contribution < -0.4 is 16.2 Å². The number of nitrogens with zero attached hydrogens (tertiary/aromatic N) is 3. The Bertz CT molecular complexity index is 1210. The molecule has 1 saturated heterocycles. The lowest BCUT2D eigenvalue weighted by atomic mass is 10.0. The van der Waals surface area contributed by atoms with Gasteiger partial charge in [-0.05, 0) is 42.3 Å². The summed E-state index contributed by atoms with van der Waals surface area (Å²) in [4.78, 5) is 47.8.